The number of amides is 1. The van der Waals surface area contributed by atoms with Crippen LogP contribution < -0.4 is 0 Å². The number of rotatable bonds is 3. The second-order valence-corrected chi connectivity index (χ2v) is 7.11. The van der Waals surface area contributed by atoms with Crippen molar-refractivity contribution in [2.75, 3.05) is 6.54 Å². The van der Waals surface area contributed by atoms with Crippen molar-refractivity contribution in [3.8, 4) is 17.5 Å². The number of carbonyl (C=O) groups is 1. The minimum Gasteiger partial charge on any atom is -0.326 e. The van der Waals surface area contributed by atoms with Gasteiger partial charge in [0.25, 0.3) is 5.91 Å². The van der Waals surface area contributed by atoms with E-state index in [-0.39, 0.29) is 17.9 Å². The Morgan fingerprint density at radius 1 is 1.18 bits per heavy atom. The molecule has 7 heteroatoms. The van der Waals surface area contributed by atoms with Gasteiger partial charge in [-0.15, -0.1) is 0 Å². The number of hydrogen-bond acceptors (Lipinski definition) is 5. The normalized spacial score (nSPS) is 15.9. The first-order valence-electron chi connectivity index (χ1n) is 9.25. The number of benzene rings is 1. The number of nitriles is 1. The third kappa shape index (κ3) is 3.14. The third-order valence-corrected chi connectivity index (χ3v) is 4.90. The summed E-state index contributed by atoms with van der Waals surface area (Å²) in [5.41, 5.74) is 1.73. The van der Waals surface area contributed by atoms with Crippen molar-refractivity contribution < 1.29 is 4.79 Å². The smallest absolute Gasteiger partial charge is 0.256 e. The first-order valence-corrected chi connectivity index (χ1v) is 9.25. The lowest BCUT2D eigenvalue weighted by Gasteiger charge is -2.37. The van der Waals surface area contributed by atoms with E-state index in [0.717, 1.165) is 11.4 Å². The Bertz CT molecular complexity index is 1030. The van der Waals surface area contributed by atoms with Gasteiger partial charge in [0.05, 0.1) is 18.2 Å². The van der Waals surface area contributed by atoms with E-state index in [2.05, 4.69) is 23.9 Å². The summed E-state index contributed by atoms with van der Waals surface area (Å²) in [4.78, 5) is 23.8. The summed E-state index contributed by atoms with van der Waals surface area (Å²) in [7, 11) is 0. The molecule has 2 aromatic heterocycles. The van der Waals surface area contributed by atoms with Gasteiger partial charge >= 0.3 is 0 Å². The Balaban J connectivity index is 1.69. The average molecular weight is 372 g/mol. The van der Waals surface area contributed by atoms with Gasteiger partial charge in [-0.25, -0.2) is 14.6 Å². The molecule has 3 aromatic rings. The van der Waals surface area contributed by atoms with E-state index >= 15 is 0 Å². The Labute approximate surface area is 163 Å². The topological polar surface area (TPSA) is 87.7 Å². The maximum Gasteiger partial charge on any atom is 0.256 e. The van der Waals surface area contributed by atoms with Crippen LogP contribution in [0.2, 0.25) is 0 Å². The van der Waals surface area contributed by atoms with Gasteiger partial charge in [0.2, 0.25) is 0 Å². The summed E-state index contributed by atoms with van der Waals surface area (Å²) >= 11 is 0. The van der Waals surface area contributed by atoms with E-state index < -0.39 is 0 Å². The maximum absolute atomic E-state index is 13.1. The fourth-order valence-electron chi connectivity index (χ4n) is 3.57. The summed E-state index contributed by atoms with van der Waals surface area (Å²) in [6, 6.07) is 14.9. The number of carbonyl (C=O) groups excluding carboxylic acids is 1. The van der Waals surface area contributed by atoms with Crippen LogP contribution in [0.25, 0.3) is 11.4 Å². The molecule has 140 valence electrons. The van der Waals surface area contributed by atoms with Crippen LogP contribution in [0.3, 0.4) is 0 Å². The highest BCUT2D eigenvalue weighted by Gasteiger charge is 2.36. The van der Waals surface area contributed by atoms with Crippen molar-refractivity contribution in [1.82, 2.24) is 24.6 Å². The standard InChI is InChI=1S/C21H20N6O/c1-14(2)18-20-24-19(15-6-4-3-5-7-15)25-27(20)11-10-26(18)21(28)16-8-9-17(12-22)23-13-16/h3-9,13-14,18H,10-11H2,1-2H3/t18-/m0/s1. The van der Waals surface area contributed by atoms with E-state index in [0.29, 0.717) is 30.2 Å². The lowest BCUT2D eigenvalue weighted by Crippen LogP contribution is -2.44. The molecule has 28 heavy (non-hydrogen) atoms. The molecule has 0 saturated carbocycles. The summed E-state index contributed by atoms with van der Waals surface area (Å²) < 4.78 is 1.91. The Hall–Kier alpha value is -3.53. The van der Waals surface area contributed by atoms with Crippen LogP contribution >= 0.6 is 0 Å². The monoisotopic (exact) mass is 372 g/mol. The van der Waals surface area contributed by atoms with Crippen LogP contribution in [0.15, 0.2) is 48.7 Å². The molecule has 0 N–H and O–H groups in total. The van der Waals surface area contributed by atoms with E-state index in [1.165, 1.54) is 6.20 Å². The van der Waals surface area contributed by atoms with Gasteiger partial charge < -0.3 is 4.90 Å². The van der Waals surface area contributed by atoms with Crippen molar-refractivity contribution in [3.05, 3.63) is 65.7 Å². The van der Waals surface area contributed by atoms with Gasteiger partial charge in [-0.05, 0) is 18.1 Å². The largest absolute Gasteiger partial charge is 0.326 e. The third-order valence-electron chi connectivity index (χ3n) is 4.90. The summed E-state index contributed by atoms with van der Waals surface area (Å²) in [6.07, 6.45) is 1.47. The number of pyridine rings is 1. The highest BCUT2D eigenvalue weighted by molar-refractivity contribution is 5.94. The van der Waals surface area contributed by atoms with Crippen molar-refractivity contribution in [2.45, 2.75) is 26.4 Å². The van der Waals surface area contributed by atoms with Crippen molar-refractivity contribution in [1.29, 1.82) is 5.26 Å². The highest BCUT2D eigenvalue weighted by atomic mass is 16.2. The zero-order valence-electron chi connectivity index (χ0n) is 15.8. The first kappa shape index (κ1) is 17.9. The highest BCUT2D eigenvalue weighted by Crippen LogP contribution is 2.33. The molecule has 1 aromatic carbocycles. The lowest BCUT2D eigenvalue weighted by molar-refractivity contribution is 0.0536. The molecular formula is C21H20N6O. The summed E-state index contributed by atoms with van der Waals surface area (Å²) in [6.45, 7) is 5.29. The van der Waals surface area contributed by atoms with Crippen LogP contribution in [-0.2, 0) is 6.54 Å². The fraction of sp³-hybridized carbons (Fsp3) is 0.286. The molecule has 7 nitrogen and oxygen atoms in total. The van der Waals surface area contributed by atoms with Crippen LogP contribution in [0.1, 0.15) is 41.8 Å². The molecule has 1 aliphatic rings. The van der Waals surface area contributed by atoms with Crippen LogP contribution in [0.5, 0.6) is 0 Å². The van der Waals surface area contributed by atoms with Crippen LogP contribution in [0, 0.1) is 17.2 Å². The van der Waals surface area contributed by atoms with E-state index in [9.17, 15) is 4.79 Å². The Morgan fingerprint density at radius 3 is 2.61 bits per heavy atom. The zero-order valence-corrected chi connectivity index (χ0v) is 15.8. The zero-order chi connectivity index (χ0) is 19.7. The number of fused-ring (bicyclic) bond motifs is 1. The summed E-state index contributed by atoms with van der Waals surface area (Å²) in [5.74, 6) is 1.54. The van der Waals surface area contributed by atoms with Crippen LogP contribution in [-0.4, -0.2) is 37.1 Å². The summed E-state index contributed by atoms with van der Waals surface area (Å²) in [5, 5.41) is 13.6. The van der Waals surface area contributed by atoms with Crippen molar-refractivity contribution in [3.63, 3.8) is 0 Å². The van der Waals surface area contributed by atoms with E-state index in [1.807, 2.05) is 46.0 Å². The molecule has 1 amide bonds. The average Bonchev–Trinajstić information content (AvgIpc) is 3.17. The van der Waals surface area contributed by atoms with Gasteiger partial charge in [0.1, 0.15) is 11.8 Å². The van der Waals surface area contributed by atoms with E-state index in [1.54, 1.807) is 12.1 Å². The van der Waals surface area contributed by atoms with Crippen LogP contribution in [0.4, 0.5) is 0 Å². The predicted molar refractivity (Wildman–Crippen MR) is 103 cm³/mol. The molecular weight excluding hydrogens is 352 g/mol. The number of hydrogen-bond donors (Lipinski definition) is 0. The molecule has 1 aliphatic heterocycles. The molecule has 0 radical (unpaired) electrons. The number of aromatic nitrogens is 4. The Morgan fingerprint density at radius 2 is 1.96 bits per heavy atom. The molecule has 1 atom stereocenters. The van der Waals surface area contributed by atoms with Gasteiger partial charge in [0.15, 0.2) is 11.6 Å². The molecule has 0 fully saturated rings. The molecule has 3 heterocycles. The van der Waals surface area contributed by atoms with Gasteiger partial charge in [0, 0.05) is 18.3 Å². The molecule has 0 unspecified atom stereocenters. The maximum atomic E-state index is 13.1. The lowest BCUT2D eigenvalue weighted by atomic mass is 9.99. The van der Waals surface area contributed by atoms with E-state index in [4.69, 9.17) is 10.2 Å². The fourth-order valence-corrected chi connectivity index (χ4v) is 3.57. The molecule has 4 rings (SSSR count). The molecule has 0 spiro atoms. The first-order chi connectivity index (χ1) is 13.6. The molecule has 0 aliphatic carbocycles. The number of nitrogens with zero attached hydrogens (tertiary/aromatic N) is 6. The predicted octanol–water partition coefficient (Wildman–Crippen LogP) is 3.06. The van der Waals surface area contributed by atoms with Gasteiger partial charge in [-0.3, -0.25) is 4.79 Å². The van der Waals surface area contributed by atoms with Gasteiger partial charge in [-0.2, -0.15) is 10.4 Å². The van der Waals surface area contributed by atoms with Crippen molar-refractivity contribution in [2.24, 2.45) is 5.92 Å². The minimum atomic E-state index is -0.179. The second kappa shape index (κ2) is 7.24. The van der Waals surface area contributed by atoms with Gasteiger partial charge in [-0.1, -0.05) is 44.2 Å². The minimum absolute atomic E-state index is 0.105. The quantitative estimate of drug-likeness (QED) is 0.705. The second-order valence-electron chi connectivity index (χ2n) is 7.11. The van der Waals surface area contributed by atoms with Crippen molar-refractivity contribution >= 4 is 5.91 Å². The SMILES string of the molecule is CC(C)[C@H]1c2nc(-c3ccccc3)nn2CCN1C(=O)c1ccc(C#N)nc1. The Kier molecular flexibility index (Phi) is 4.62. The molecule has 0 bridgehead atoms. The molecule has 0 saturated heterocycles.